The number of hydrogen-bond donors (Lipinski definition) is 1. The lowest BCUT2D eigenvalue weighted by Crippen LogP contribution is -2.47. The Balaban J connectivity index is 1.79. The molecular formula is C17H21F3N4O. The van der Waals surface area contributed by atoms with Crippen molar-refractivity contribution in [2.45, 2.75) is 57.8 Å². The van der Waals surface area contributed by atoms with E-state index in [4.69, 9.17) is 0 Å². The molecule has 136 valence electrons. The van der Waals surface area contributed by atoms with Crippen LogP contribution < -0.4 is 5.32 Å². The fourth-order valence-electron chi connectivity index (χ4n) is 3.39. The minimum Gasteiger partial charge on any atom is -0.349 e. The number of carbonyl (C=O) groups is 1. The Morgan fingerprint density at radius 2 is 2.00 bits per heavy atom. The molecule has 1 saturated carbocycles. The van der Waals surface area contributed by atoms with E-state index >= 15 is 0 Å². The number of rotatable bonds is 3. The van der Waals surface area contributed by atoms with Crippen LogP contribution in [0.4, 0.5) is 13.2 Å². The Kier molecular flexibility index (Phi) is 4.71. The second-order valence-electron chi connectivity index (χ2n) is 6.83. The third-order valence-electron chi connectivity index (χ3n) is 4.69. The highest BCUT2D eigenvalue weighted by molar-refractivity contribution is 5.97. The summed E-state index contributed by atoms with van der Waals surface area (Å²) < 4.78 is 41.2. The van der Waals surface area contributed by atoms with Crippen LogP contribution >= 0.6 is 0 Å². The zero-order chi connectivity index (χ0) is 18.2. The maximum absolute atomic E-state index is 13.2. The van der Waals surface area contributed by atoms with E-state index in [1.165, 1.54) is 6.20 Å². The smallest absolute Gasteiger partial charge is 0.349 e. The molecule has 1 N–H and O–H groups in total. The fraction of sp³-hybridized carbons (Fsp3) is 0.588. The van der Waals surface area contributed by atoms with Crippen molar-refractivity contribution in [3.05, 3.63) is 24.0 Å². The molecule has 3 rings (SSSR count). The number of halogens is 3. The van der Waals surface area contributed by atoms with E-state index in [0.29, 0.717) is 30.3 Å². The largest absolute Gasteiger partial charge is 0.393 e. The summed E-state index contributed by atoms with van der Waals surface area (Å²) in [4.78, 5) is 16.7. The number of fused-ring (bicyclic) bond motifs is 1. The minimum absolute atomic E-state index is 0.0624. The molecule has 0 unspecified atom stereocenters. The maximum atomic E-state index is 13.2. The monoisotopic (exact) mass is 354 g/mol. The number of nitrogens with zero attached hydrogens (tertiary/aromatic N) is 3. The lowest BCUT2D eigenvalue weighted by Gasteiger charge is -2.33. The second kappa shape index (κ2) is 6.65. The first-order valence-electron chi connectivity index (χ1n) is 8.48. The van der Waals surface area contributed by atoms with E-state index in [1.807, 2.05) is 13.8 Å². The van der Waals surface area contributed by atoms with Crippen LogP contribution in [-0.4, -0.2) is 32.9 Å². The summed E-state index contributed by atoms with van der Waals surface area (Å²) in [5.41, 5.74) is 0.902. The molecule has 2 aromatic heterocycles. The van der Waals surface area contributed by atoms with Crippen molar-refractivity contribution in [2.24, 2.45) is 5.92 Å². The molecular weight excluding hydrogens is 333 g/mol. The SMILES string of the molecule is CC(C)n1ncc2cc(C(=O)N[C@@H]3CCCC[C@H]3C(F)(F)F)cnc21. The van der Waals surface area contributed by atoms with Gasteiger partial charge in [-0.15, -0.1) is 0 Å². The van der Waals surface area contributed by atoms with Crippen LogP contribution in [0.15, 0.2) is 18.5 Å². The van der Waals surface area contributed by atoms with Gasteiger partial charge in [0, 0.05) is 23.7 Å². The summed E-state index contributed by atoms with van der Waals surface area (Å²) in [5.74, 6) is -2.00. The zero-order valence-electron chi connectivity index (χ0n) is 14.2. The molecule has 2 aromatic rings. The van der Waals surface area contributed by atoms with Crippen molar-refractivity contribution in [3.63, 3.8) is 0 Å². The Morgan fingerprint density at radius 1 is 1.28 bits per heavy atom. The fourth-order valence-corrected chi connectivity index (χ4v) is 3.39. The van der Waals surface area contributed by atoms with Gasteiger partial charge in [-0.25, -0.2) is 9.67 Å². The van der Waals surface area contributed by atoms with Crippen molar-refractivity contribution in [1.29, 1.82) is 0 Å². The molecule has 0 radical (unpaired) electrons. The van der Waals surface area contributed by atoms with Crippen molar-refractivity contribution >= 4 is 16.9 Å². The number of carbonyl (C=O) groups excluding carboxylic acids is 1. The summed E-state index contributed by atoms with van der Waals surface area (Å²) in [7, 11) is 0. The van der Waals surface area contributed by atoms with Crippen molar-refractivity contribution in [2.75, 3.05) is 0 Å². The molecule has 0 bridgehead atoms. The Hall–Kier alpha value is -2.12. The number of nitrogens with one attached hydrogen (secondary N) is 1. The predicted octanol–water partition coefficient (Wildman–Crippen LogP) is 3.86. The second-order valence-corrected chi connectivity index (χ2v) is 6.83. The summed E-state index contributed by atoms with van der Waals surface area (Å²) in [6.07, 6.45) is 0.346. The molecule has 2 heterocycles. The average Bonchev–Trinajstić information content (AvgIpc) is 2.97. The quantitative estimate of drug-likeness (QED) is 0.910. The van der Waals surface area contributed by atoms with Crippen molar-refractivity contribution in [1.82, 2.24) is 20.1 Å². The molecule has 1 amide bonds. The van der Waals surface area contributed by atoms with Crippen LogP contribution in [0.1, 0.15) is 55.9 Å². The van der Waals surface area contributed by atoms with Crippen molar-refractivity contribution < 1.29 is 18.0 Å². The summed E-state index contributed by atoms with van der Waals surface area (Å²) in [5, 5.41) is 7.48. The number of hydrogen-bond acceptors (Lipinski definition) is 3. The normalized spacial score (nSPS) is 21.7. The number of amides is 1. The number of pyridine rings is 1. The Morgan fingerprint density at radius 3 is 2.68 bits per heavy atom. The lowest BCUT2D eigenvalue weighted by atomic mass is 9.84. The molecule has 5 nitrogen and oxygen atoms in total. The molecule has 8 heteroatoms. The maximum Gasteiger partial charge on any atom is 0.393 e. The van der Waals surface area contributed by atoms with E-state index in [1.54, 1.807) is 16.9 Å². The third kappa shape index (κ3) is 3.62. The van der Waals surface area contributed by atoms with Gasteiger partial charge in [0.05, 0.1) is 17.7 Å². The average molecular weight is 354 g/mol. The van der Waals surface area contributed by atoms with Gasteiger partial charge < -0.3 is 5.32 Å². The Labute approximate surface area is 143 Å². The highest BCUT2D eigenvalue weighted by atomic mass is 19.4. The van der Waals surface area contributed by atoms with Crippen LogP contribution in [0, 0.1) is 5.92 Å². The van der Waals surface area contributed by atoms with Crippen LogP contribution in [-0.2, 0) is 0 Å². The topological polar surface area (TPSA) is 59.8 Å². The first kappa shape index (κ1) is 17.7. The van der Waals surface area contributed by atoms with Gasteiger partial charge in [0.2, 0.25) is 0 Å². The van der Waals surface area contributed by atoms with Crippen LogP contribution in [0.5, 0.6) is 0 Å². The summed E-state index contributed by atoms with van der Waals surface area (Å²) >= 11 is 0. The van der Waals surface area contributed by atoms with Gasteiger partial charge in [-0.05, 0) is 32.8 Å². The highest BCUT2D eigenvalue weighted by Gasteiger charge is 2.46. The molecule has 0 aromatic carbocycles. The van der Waals surface area contributed by atoms with Crippen LogP contribution in [0.3, 0.4) is 0 Å². The van der Waals surface area contributed by atoms with Gasteiger partial charge in [-0.3, -0.25) is 4.79 Å². The standard InChI is InChI=1S/C17H21F3N4O/c1-10(2)24-15-11(9-22-24)7-12(8-21-15)16(25)23-14-6-4-3-5-13(14)17(18,19)20/h7-10,13-14H,3-6H2,1-2H3,(H,23,25)/t13-,14-/m1/s1. The molecule has 0 saturated heterocycles. The Bertz CT molecular complexity index is 769. The first-order chi connectivity index (χ1) is 11.8. The molecule has 1 aliphatic rings. The minimum atomic E-state index is -4.29. The molecule has 1 aliphatic carbocycles. The number of alkyl halides is 3. The van der Waals surface area contributed by atoms with E-state index in [0.717, 1.165) is 0 Å². The zero-order valence-corrected chi connectivity index (χ0v) is 14.2. The van der Waals surface area contributed by atoms with Gasteiger partial charge in [0.25, 0.3) is 5.91 Å². The first-order valence-corrected chi connectivity index (χ1v) is 8.48. The summed E-state index contributed by atoms with van der Waals surface area (Å²) in [6, 6.07) is 0.865. The summed E-state index contributed by atoms with van der Waals surface area (Å²) in [6.45, 7) is 3.93. The number of aromatic nitrogens is 3. The molecule has 2 atom stereocenters. The van der Waals surface area contributed by atoms with Gasteiger partial charge in [0.15, 0.2) is 5.65 Å². The van der Waals surface area contributed by atoms with Crippen molar-refractivity contribution in [3.8, 4) is 0 Å². The highest BCUT2D eigenvalue weighted by Crippen LogP contribution is 2.37. The van der Waals surface area contributed by atoms with E-state index < -0.39 is 24.0 Å². The van der Waals surface area contributed by atoms with E-state index in [-0.39, 0.29) is 18.0 Å². The van der Waals surface area contributed by atoms with Gasteiger partial charge in [-0.1, -0.05) is 12.8 Å². The van der Waals surface area contributed by atoms with Gasteiger partial charge >= 0.3 is 6.18 Å². The van der Waals surface area contributed by atoms with Crippen LogP contribution in [0.2, 0.25) is 0 Å². The molecule has 0 spiro atoms. The van der Waals surface area contributed by atoms with E-state index in [9.17, 15) is 18.0 Å². The predicted molar refractivity (Wildman–Crippen MR) is 87.2 cm³/mol. The van der Waals surface area contributed by atoms with Gasteiger partial charge in [0.1, 0.15) is 0 Å². The molecule has 1 fully saturated rings. The molecule has 0 aliphatic heterocycles. The van der Waals surface area contributed by atoms with E-state index in [2.05, 4.69) is 15.4 Å². The molecule has 25 heavy (non-hydrogen) atoms. The lowest BCUT2D eigenvalue weighted by molar-refractivity contribution is -0.187. The van der Waals surface area contributed by atoms with Crippen LogP contribution in [0.25, 0.3) is 11.0 Å². The van der Waals surface area contributed by atoms with Gasteiger partial charge in [-0.2, -0.15) is 18.3 Å². The third-order valence-corrected chi connectivity index (χ3v) is 4.69.